The number of ether oxygens (including phenoxy) is 1. The van der Waals surface area contributed by atoms with Crippen molar-refractivity contribution < 1.29 is 9.84 Å². The number of nitrogens with zero attached hydrogens (tertiary/aromatic N) is 3. The minimum Gasteiger partial charge on any atom is -0.507 e. The van der Waals surface area contributed by atoms with Crippen LogP contribution in [0.15, 0.2) is 47.5 Å². The van der Waals surface area contributed by atoms with Crippen LogP contribution in [0, 0.1) is 0 Å². The van der Waals surface area contributed by atoms with Crippen LogP contribution in [0.3, 0.4) is 0 Å². The highest BCUT2D eigenvalue weighted by Crippen LogP contribution is 2.25. The first-order chi connectivity index (χ1) is 13.0. The van der Waals surface area contributed by atoms with Gasteiger partial charge in [-0.2, -0.15) is 0 Å². The van der Waals surface area contributed by atoms with Gasteiger partial charge >= 0.3 is 0 Å². The molecule has 0 radical (unpaired) electrons. The van der Waals surface area contributed by atoms with Gasteiger partial charge in [0.15, 0.2) is 0 Å². The fourth-order valence-corrected chi connectivity index (χ4v) is 3.09. The molecule has 0 spiro atoms. The standard InChI is InChI=1S/C22H31N3O2/c1-6-25(7-2)19-12-11-18(22(26)14-19)15-23-16-21(24(3)4)17-9-8-10-20(13-17)27-5/h8-15,21,26H,6-7,16H2,1-5H3/t21-/m1/s1. The first kappa shape index (κ1) is 20.8. The number of phenolic OH excluding ortho intramolecular Hbond substituents is 1. The van der Waals surface area contributed by atoms with Gasteiger partial charge < -0.3 is 19.6 Å². The summed E-state index contributed by atoms with van der Waals surface area (Å²) in [5.74, 6) is 1.10. The number of aromatic hydroxyl groups is 1. The molecule has 0 aliphatic heterocycles. The summed E-state index contributed by atoms with van der Waals surface area (Å²) in [6.07, 6.45) is 1.75. The quantitative estimate of drug-likeness (QED) is 0.680. The number of methoxy groups -OCH3 is 1. The Balaban J connectivity index is 2.14. The van der Waals surface area contributed by atoms with E-state index in [1.165, 1.54) is 0 Å². The average Bonchev–Trinajstić information content (AvgIpc) is 2.67. The van der Waals surface area contributed by atoms with Crippen LogP contribution >= 0.6 is 0 Å². The highest BCUT2D eigenvalue weighted by Gasteiger charge is 2.14. The minimum atomic E-state index is 0.133. The molecule has 5 heteroatoms. The second-order valence-corrected chi connectivity index (χ2v) is 6.67. The van der Waals surface area contributed by atoms with Crippen molar-refractivity contribution in [3.05, 3.63) is 53.6 Å². The third-order valence-electron chi connectivity index (χ3n) is 4.75. The Morgan fingerprint density at radius 2 is 1.85 bits per heavy atom. The molecule has 2 aromatic carbocycles. The molecular weight excluding hydrogens is 338 g/mol. The number of rotatable bonds is 9. The second-order valence-electron chi connectivity index (χ2n) is 6.67. The Bertz CT molecular complexity index is 755. The van der Waals surface area contributed by atoms with Crippen LogP contribution in [0.1, 0.15) is 31.0 Å². The van der Waals surface area contributed by atoms with Gasteiger partial charge in [0.25, 0.3) is 0 Å². The van der Waals surface area contributed by atoms with E-state index in [4.69, 9.17) is 4.74 Å². The Kier molecular flexibility index (Phi) is 7.67. The van der Waals surface area contributed by atoms with E-state index >= 15 is 0 Å². The van der Waals surface area contributed by atoms with Gasteiger partial charge in [0.2, 0.25) is 0 Å². The van der Waals surface area contributed by atoms with Crippen molar-refractivity contribution in [1.29, 1.82) is 0 Å². The molecule has 5 nitrogen and oxygen atoms in total. The van der Waals surface area contributed by atoms with Crippen molar-refractivity contribution in [2.45, 2.75) is 19.9 Å². The van der Waals surface area contributed by atoms with Gasteiger partial charge in [-0.05, 0) is 57.8 Å². The Hall–Kier alpha value is -2.53. The monoisotopic (exact) mass is 369 g/mol. The molecule has 0 saturated heterocycles. The number of hydrogen-bond donors (Lipinski definition) is 1. The van der Waals surface area contributed by atoms with Crippen LogP contribution in [0.4, 0.5) is 5.69 Å². The van der Waals surface area contributed by atoms with E-state index in [1.54, 1.807) is 19.4 Å². The Morgan fingerprint density at radius 1 is 1.11 bits per heavy atom. The lowest BCUT2D eigenvalue weighted by Crippen LogP contribution is -2.22. The maximum absolute atomic E-state index is 10.3. The normalized spacial score (nSPS) is 12.5. The van der Waals surface area contributed by atoms with E-state index in [-0.39, 0.29) is 11.8 Å². The predicted molar refractivity (Wildman–Crippen MR) is 114 cm³/mol. The van der Waals surface area contributed by atoms with Gasteiger partial charge in [-0.3, -0.25) is 4.99 Å². The summed E-state index contributed by atoms with van der Waals surface area (Å²) in [5.41, 5.74) is 2.91. The second kappa shape index (κ2) is 9.97. The fourth-order valence-electron chi connectivity index (χ4n) is 3.09. The van der Waals surface area contributed by atoms with Gasteiger partial charge in [-0.15, -0.1) is 0 Å². The molecule has 1 atom stereocenters. The van der Waals surface area contributed by atoms with Gasteiger partial charge in [0.05, 0.1) is 19.7 Å². The SMILES string of the molecule is CCN(CC)c1ccc(C=NC[C@H](c2cccc(OC)c2)N(C)C)c(O)c1. The summed E-state index contributed by atoms with van der Waals surface area (Å²) >= 11 is 0. The van der Waals surface area contributed by atoms with Crippen molar-refractivity contribution in [2.24, 2.45) is 4.99 Å². The first-order valence-corrected chi connectivity index (χ1v) is 9.38. The number of aliphatic imine (C=N–C) groups is 1. The van der Waals surface area contributed by atoms with Gasteiger partial charge in [0, 0.05) is 36.6 Å². The summed E-state index contributed by atoms with van der Waals surface area (Å²) in [6.45, 7) is 6.63. The molecule has 0 amide bonds. The summed E-state index contributed by atoms with van der Waals surface area (Å²) in [5, 5.41) is 10.3. The molecule has 0 saturated carbocycles. The van der Waals surface area contributed by atoms with E-state index in [2.05, 4.69) is 34.7 Å². The molecule has 2 rings (SSSR count). The van der Waals surface area contributed by atoms with Crippen molar-refractivity contribution in [2.75, 3.05) is 45.7 Å². The molecule has 0 aromatic heterocycles. The molecule has 2 aromatic rings. The molecule has 0 aliphatic rings. The van der Waals surface area contributed by atoms with E-state index in [1.807, 2.05) is 44.4 Å². The number of hydrogen-bond acceptors (Lipinski definition) is 5. The number of anilines is 1. The fraction of sp³-hybridized carbons (Fsp3) is 0.409. The molecule has 0 fully saturated rings. The van der Waals surface area contributed by atoms with Crippen LogP contribution in [0.5, 0.6) is 11.5 Å². The maximum Gasteiger partial charge on any atom is 0.126 e. The third-order valence-corrected chi connectivity index (χ3v) is 4.75. The van der Waals surface area contributed by atoms with Crippen molar-refractivity contribution in [3.63, 3.8) is 0 Å². The smallest absolute Gasteiger partial charge is 0.126 e. The highest BCUT2D eigenvalue weighted by atomic mass is 16.5. The minimum absolute atomic E-state index is 0.133. The van der Waals surface area contributed by atoms with Crippen LogP contribution in [0.2, 0.25) is 0 Å². The van der Waals surface area contributed by atoms with Crippen molar-refractivity contribution in [1.82, 2.24) is 4.90 Å². The van der Waals surface area contributed by atoms with Crippen LogP contribution in [-0.2, 0) is 0 Å². The van der Waals surface area contributed by atoms with Crippen LogP contribution in [-0.4, -0.2) is 57.1 Å². The lowest BCUT2D eigenvalue weighted by Gasteiger charge is -2.23. The Morgan fingerprint density at radius 3 is 2.44 bits per heavy atom. The van der Waals surface area contributed by atoms with Crippen molar-refractivity contribution >= 4 is 11.9 Å². The first-order valence-electron chi connectivity index (χ1n) is 9.38. The van der Waals surface area contributed by atoms with Gasteiger partial charge in [-0.25, -0.2) is 0 Å². The molecule has 0 unspecified atom stereocenters. The zero-order chi connectivity index (χ0) is 19.8. The molecule has 0 bridgehead atoms. The molecule has 0 aliphatic carbocycles. The molecular formula is C22H31N3O2. The summed E-state index contributed by atoms with van der Waals surface area (Å²) < 4.78 is 5.33. The Labute approximate surface area is 162 Å². The van der Waals surface area contributed by atoms with E-state index < -0.39 is 0 Å². The summed E-state index contributed by atoms with van der Waals surface area (Å²) in [6, 6.07) is 13.9. The summed E-state index contributed by atoms with van der Waals surface area (Å²) in [7, 11) is 5.75. The maximum atomic E-state index is 10.3. The number of phenols is 1. The molecule has 27 heavy (non-hydrogen) atoms. The van der Waals surface area contributed by atoms with E-state index in [9.17, 15) is 5.11 Å². The molecule has 0 heterocycles. The molecule has 146 valence electrons. The zero-order valence-electron chi connectivity index (χ0n) is 17.0. The largest absolute Gasteiger partial charge is 0.507 e. The van der Waals surface area contributed by atoms with Gasteiger partial charge in [0.1, 0.15) is 11.5 Å². The van der Waals surface area contributed by atoms with Crippen LogP contribution in [0.25, 0.3) is 0 Å². The lowest BCUT2D eigenvalue weighted by atomic mass is 10.1. The number of likely N-dealkylation sites (N-methyl/N-ethyl adjacent to an activating group) is 1. The zero-order valence-corrected chi connectivity index (χ0v) is 17.0. The topological polar surface area (TPSA) is 48.3 Å². The predicted octanol–water partition coefficient (Wildman–Crippen LogP) is 3.97. The summed E-state index contributed by atoms with van der Waals surface area (Å²) in [4.78, 5) is 8.92. The van der Waals surface area contributed by atoms with E-state index in [0.29, 0.717) is 6.54 Å². The third kappa shape index (κ3) is 5.47. The van der Waals surface area contributed by atoms with E-state index in [0.717, 1.165) is 35.7 Å². The highest BCUT2D eigenvalue weighted by molar-refractivity contribution is 5.84. The number of benzene rings is 2. The van der Waals surface area contributed by atoms with Crippen LogP contribution < -0.4 is 9.64 Å². The molecule has 1 N–H and O–H groups in total. The average molecular weight is 370 g/mol. The van der Waals surface area contributed by atoms with Gasteiger partial charge in [-0.1, -0.05) is 12.1 Å². The van der Waals surface area contributed by atoms with Crippen molar-refractivity contribution in [3.8, 4) is 11.5 Å². The lowest BCUT2D eigenvalue weighted by molar-refractivity contribution is 0.305.